The summed E-state index contributed by atoms with van der Waals surface area (Å²) in [6.45, 7) is -0.181. The summed E-state index contributed by atoms with van der Waals surface area (Å²) < 4.78 is 31.6. The molecule has 0 heterocycles. The van der Waals surface area contributed by atoms with Gasteiger partial charge >= 0.3 is 0 Å². The zero-order valence-corrected chi connectivity index (χ0v) is 18.8. The van der Waals surface area contributed by atoms with E-state index in [4.69, 9.17) is 16.3 Å². The highest BCUT2D eigenvalue weighted by Crippen LogP contribution is 2.30. The van der Waals surface area contributed by atoms with Crippen LogP contribution in [0.1, 0.15) is 5.56 Å². The average molecular weight is 459 g/mol. The van der Waals surface area contributed by atoms with E-state index in [0.717, 1.165) is 15.4 Å². The second-order valence-electron chi connectivity index (χ2n) is 6.97. The zero-order chi connectivity index (χ0) is 22.4. The lowest BCUT2D eigenvalue weighted by Gasteiger charge is -2.15. The minimum Gasteiger partial charge on any atom is -0.482 e. The number of hydrogen-bond donors (Lipinski definition) is 1. The van der Waals surface area contributed by atoms with Gasteiger partial charge in [-0.1, -0.05) is 66.2 Å². The van der Waals surface area contributed by atoms with Crippen molar-refractivity contribution in [3.05, 3.63) is 83.4 Å². The van der Waals surface area contributed by atoms with Crippen LogP contribution >= 0.6 is 11.6 Å². The third-order valence-electron chi connectivity index (χ3n) is 4.61. The number of nitrogens with one attached hydrogen (secondary N) is 1. The van der Waals surface area contributed by atoms with Gasteiger partial charge in [-0.15, -0.1) is 0 Å². The first-order valence-electron chi connectivity index (χ1n) is 9.54. The van der Waals surface area contributed by atoms with Crippen LogP contribution in [0.5, 0.6) is 5.75 Å². The molecular weight excluding hydrogens is 436 g/mol. The Hall–Kier alpha value is -2.87. The first-order valence-corrected chi connectivity index (χ1v) is 11.4. The number of carbonyl (C=O) groups is 1. The van der Waals surface area contributed by atoms with Crippen molar-refractivity contribution in [2.24, 2.45) is 0 Å². The number of sulfonamides is 1. The molecule has 162 valence electrons. The average Bonchev–Trinajstić information content (AvgIpc) is 2.77. The van der Waals surface area contributed by atoms with Crippen LogP contribution in [0.2, 0.25) is 5.02 Å². The molecule has 31 heavy (non-hydrogen) atoms. The predicted molar refractivity (Wildman–Crippen MR) is 122 cm³/mol. The summed E-state index contributed by atoms with van der Waals surface area (Å²) in [7, 11) is -0.683. The van der Waals surface area contributed by atoms with E-state index in [9.17, 15) is 13.2 Å². The standard InChI is InChI=1S/C23H23ClN2O4S/c1-26(2)31(28,29)22-11-7-6-10-19(22)15-25-23(27)16-30-21-13-12-18(14-20(21)24)17-8-4-3-5-9-17/h3-14H,15-16H2,1-2H3,(H,25,27). The van der Waals surface area contributed by atoms with Gasteiger partial charge in [0, 0.05) is 20.6 Å². The number of benzene rings is 3. The number of ether oxygens (including phenoxy) is 1. The summed E-state index contributed by atoms with van der Waals surface area (Å²) in [6, 6.07) is 21.7. The quantitative estimate of drug-likeness (QED) is 0.554. The van der Waals surface area contributed by atoms with Crippen molar-refractivity contribution >= 4 is 27.5 Å². The van der Waals surface area contributed by atoms with Gasteiger partial charge in [-0.3, -0.25) is 4.79 Å². The SMILES string of the molecule is CN(C)S(=O)(=O)c1ccccc1CNC(=O)COc1ccc(-c2ccccc2)cc1Cl. The summed E-state index contributed by atoms with van der Waals surface area (Å²) >= 11 is 6.31. The topological polar surface area (TPSA) is 75.7 Å². The second-order valence-corrected chi connectivity index (χ2v) is 9.50. The van der Waals surface area contributed by atoms with Crippen LogP contribution in [0.25, 0.3) is 11.1 Å². The molecule has 1 amide bonds. The molecule has 0 fully saturated rings. The maximum Gasteiger partial charge on any atom is 0.258 e. The monoisotopic (exact) mass is 458 g/mol. The zero-order valence-electron chi connectivity index (χ0n) is 17.2. The van der Waals surface area contributed by atoms with Gasteiger partial charge in [0.1, 0.15) is 5.75 Å². The summed E-state index contributed by atoms with van der Waals surface area (Å²) in [5.41, 5.74) is 2.47. The van der Waals surface area contributed by atoms with Crippen LogP contribution < -0.4 is 10.1 Å². The van der Waals surface area contributed by atoms with E-state index in [1.807, 2.05) is 36.4 Å². The highest BCUT2D eigenvalue weighted by Gasteiger charge is 2.20. The number of carbonyl (C=O) groups excluding carboxylic acids is 1. The molecule has 6 nitrogen and oxygen atoms in total. The van der Waals surface area contributed by atoms with Crippen LogP contribution in [0.3, 0.4) is 0 Å². The van der Waals surface area contributed by atoms with Crippen molar-refractivity contribution in [1.29, 1.82) is 0 Å². The van der Waals surface area contributed by atoms with Gasteiger partial charge in [-0.2, -0.15) is 0 Å². The van der Waals surface area contributed by atoms with Crippen LogP contribution in [0.4, 0.5) is 0 Å². The Labute approximate surface area is 187 Å². The number of amides is 1. The van der Waals surface area contributed by atoms with E-state index < -0.39 is 10.0 Å². The minimum absolute atomic E-state index is 0.0616. The fourth-order valence-corrected chi connectivity index (χ4v) is 4.26. The fourth-order valence-electron chi connectivity index (χ4n) is 2.91. The predicted octanol–water partition coefficient (Wildman–Crippen LogP) is 3.95. The van der Waals surface area contributed by atoms with Crippen LogP contribution in [0.15, 0.2) is 77.7 Å². The normalized spacial score (nSPS) is 11.4. The van der Waals surface area contributed by atoms with Gasteiger partial charge in [0.05, 0.1) is 9.92 Å². The summed E-state index contributed by atoms with van der Waals surface area (Å²) in [5.74, 6) is 0.00680. The van der Waals surface area contributed by atoms with Crippen LogP contribution in [-0.2, 0) is 21.4 Å². The Balaban J connectivity index is 1.61. The summed E-state index contributed by atoms with van der Waals surface area (Å²) in [5, 5.41) is 3.09. The van der Waals surface area contributed by atoms with E-state index >= 15 is 0 Å². The van der Waals surface area contributed by atoms with E-state index in [1.54, 1.807) is 30.3 Å². The number of hydrogen-bond acceptors (Lipinski definition) is 4. The fraction of sp³-hybridized carbons (Fsp3) is 0.174. The molecule has 3 rings (SSSR count). The molecule has 0 unspecified atom stereocenters. The molecular formula is C23H23ClN2O4S. The highest BCUT2D eigenvalue weighted by molar-refractivity contribution is 7.89. The van der Waals surface area contributed by atoms with Crippen molar-refractivity contribution in [1.82, 2.24) is 9.62 Å². The molecule has 3 aromatic rings. The van der Waals surface area contributed by atoms with Gasteiger partial charge in [0.2, 0.25) is 10.0 Å². The molecule has 0 aliphatic heterocycles. The number of rotatable bonds is 8. The third kappa shape index (κ3) is 5.64. The smallest absolute Gasteiger partial charge is 0.258 e. The molecule has 1 N–H and O–H groups in total. The van der Waals surface area contributed by atoms with Gasteiger partial charge in [0.15, 0.2) is 6.61 Å². The molecule has 0 saturated carbocycles. The Bertz CT molecular complexity index is 1170. The Kier molecular flexibility index (Phi) is 7.33. The second kappa shape index (κ2) is 9.96. The first kappa shape index (κ1) is 22.8. The molecule has 0 aliphatic rings. The van der Waals surface area contributed by atoms with Crippen molar-refractivity contribution in [2.75, 3.05) is 20.7 Å². The lowest BCUT2D eigenvalue weighted by atomic mass is 10.1. The van der Waals surface area contributed by atoms with E-state index in [0.29, 0.717) is 16.3 Å². The molecule has 0 radical (unpaired) electrons. The third-order valence-corrected chi connectivity index (χ3v) is 6.82. The van der Waals surface area contributed by atoms with Gasteiger partial charge < -0.3 is 10.1 Å². The Morgan fingerprint density at radius 1 is 0.968 bits per heavy atom. The van der Waals surface area contributed by atoms with Crippen molar-refractivity contribution in [2.45, 2.75) is 11.4 Å². The van der Waals surface area contributed by atoms with Gasteiger partial charge in [-0.05, 0) is 34.9 Å². The number of halogens is 1. The van der Waals surface area contributed by atoms with Crippen molar-refractivity contribution in [3.63, 3.8) is 0 Å². The maximum atomic E-state index is 12.4. The molecule has 0 bridgehead atoms. The van der Waals surface area contributed by atoms with Gasteiger partial charge in [-0.25, -0.2) is 12.7 Å². The minimum atomic E-state index is -3.61. The molecule has 0 saturated heterocycles. The van der Waals surface area contributed by atoms with Crippen LogP contribution in [-0.4, -0.2) is 39.3 Å². The van der Waals surface area contributed by atoms with Crippen LogP contribution in [0, 0.1) is 0 Å². The van der Waals surface area contributed by atoms with Crippen molar-refractivity contribution in [3.8, 4) is 16.9 Å². The maximum absolute atomic E-state index is 12.4. The molecule has 0 spiro atoms. The Morgan fingerprint density at radius 2 is 1.65 bits per heavy atom. The lowest BCUT2D eigenvalue weighted by molar-refractivity contribution is -0.123. The van der Waals surface area contributed by atoms with Gasteiger partial charge in [0.25, 0.3) is 5.91 Å². The summed E-state index contributed by atoms with van der Waals surface area (Å²) in [6.07, 6.45) is 0. The molecule has 3 aromatic carbocycles. The molecule has 0 aromatic heterocycles. The Morgan fingerprint density at radius 3 is 2.32 bits per heavy atom. The van der Waals surface area contributed by atoms with E-state index in [2.05, 4.69) is 5.32 Å². The first-order chi connectivity index (χ1) is 14.8. The lowest BCUT2D eigenvalue weighted by Crippen LogP contribution is -2.30. The van der Waals surface area contributed by atoms with E-state index in [1.165, 1.54) is 20.2 Å². The number of nitrogens with zero attached hydrogens (tertiary/aromatic N) is 1. The summed E-state index contributed by atoms with van der Waals surface area (Å²) in [4.78, 5) is 12.4. The largest absolute Gasteiger partial charge is 0.482 e. The molecule has 8 heteroatoms. The van der Waals surface area contributed by atoms with E-state index in [-0.39, 0.29) is 24.0 Å². The molecule has 0 aliphatic carbocycles. The van der Waals surface area contributed by atoms with Crippen molar-refractivity contribution < 1.29 is 17.9 Å². The molecule has 0 atom stereocenters. The highest BCUT2D eigenvalue weighted by atomic mass is 35.5.